The minimum atomic E-state index is -3.44. The second-order valence-electron chi connectivity index (χ2n) is 4.09. The van der Waals surface area contributed by atoms with Gasteiger partial charge in [-0.25, -0.2) is 13.1 Å². The number of hydrogen-bond acceptors (Lipinski definition) is 4. The molecule has 1 fully saturated rings. The molecule has 0 aliphatic carbocycles. The lowest BCUT2D eigenvalue weighted by Gasteiger charge is -2.10. The Morgan fingerprint density at radius 2 is 2.25 bits per heavy atom. The van der Waals surface area contributed by atoms with Crippen LogP contribution in [0.3, 0.4) is 0 Å². The van der Waals surface area contributed by atoms with Crippen LogP contribution in [-0.4, -0.2) is 27.5 Å². The monoisotopic (exact) mass is 244 g/mol. The second-order valence-corrected chi connectivity index (χ2v) is 5.77. The molecule has 2 N–H and O–H groups in total. The summed E-state index contributed by atoms with van der Waals surface area (Å²) in [5.41, 5.74) is 0. The first-order valence-electron chi connectivity index (χ1n) is 5.29. The van der Waals surface area contributed by atoms with Crippen LogP contribution in [0, 0.1) is 13.8 Å². The molecule has 0 bridgehead atoms. The summed E-state index contributed by atoms with van der Waals surface area (Å²) >= 11 is 0. The highest BCUT2D eigenvalue weighted by molar-refractivity contribution is 7.89. The second kappa shape index (κ2) is 4.20. The predicted octanol–water partition coefficient (Wildman–Crippen LogP) is 0.537. The van der Waals surface area contributed by atoms with E-state index in [1.165, 1.54) is 0 Å². The summed E-state index contributed by atoms with van der Waals surface area (Å²) in [5.74, 6) is 1.05. The first kappa shape index (κ1) is 11.6. The zero-order valence-electron chi connectivity index (χ0n) is 9.41. The van der Waals surface area contributed by atoms with Crippen molar-refractivity contribution < 1.29 is 12.8 Å². The van der Waals surface area contributed by atoms with Gasteiger partial charge in [-0.2, -0.15) is 0 Å². The van der Waals surface area contributed by atoms with Gasteiger partial charge in [0, 0.05) is 12.6 Å². The molecule has 1 aliphatic rings. The molecule has 2 heterocycles. The van der Waals surface area contributed by atoms with Gasteiger partial charge in [-0.3, -0.25) is 0 Å². The van der Waals surface area contributed by atoms with Gasteiger partial charge in [-0.15, -0.1) is 0 Å². The van der Waals surface area contributed by atoms with Crippen LogP contribution in [0.15, 0.2) is 15.4 Å². The minimum absolute atomic E-state index is 0.0143. The smallest absolute Gasteiger partial charge is 0.244 e. The summed E-state index contributed by atoms with van der Waals surface area (Å²) in [6.45, 7) is 4.95. The Hall–Kier alpha value is -0.850. The highest BCUT2D eigenvalue weighted by Gasteiger charge is 2.25. The Kier molecular flexibility index (Phi) is 3.05. The molecule has 1 aliphatic heterocycles. The number of nitrogens with one attached hydrogen (secondary N) is 2. The third kappa shape index (κ3) is 2.28. The molecule has 0 spiro atoms. The molecule has 0 amide bonds. The molecule has 1 saturated heterocycles. The lowest BCUT2D eigenvalue weighted by Crippen LogP contribution is -2.36. The lowest BCUT2D eigenvalue weighted by molar-refractivity contribution is 0.494. The molecule has 0 aromatic carbocycles. The number of aryl methyl sites for hydroxylation is 2. The van der Waals surface area contributed by atoms with E-state index in [-0.39, 0.29) is 10.9 Å². The van der Waals surface area contributed by atoms with Crippen molar-refractivity contribution in [3.05, 3.63) is 17.6 Å². The maximum Gasteiger partial charge on any atom is 0.244 e. The van der Waals surface area contributed by atoms with Crippen molar-refractivity contribution in [2.75, 3.05) is 13.1 Å². The standard InChI is InChI=1S/C10H16N2O3S/c1-7-5-10(8(2)15-7)16(13,14)12-9-3-4-11-6-9/h5,9,11-12H,3-4,6H2,1-2H3/t9-/m0/s1. The van der Waals surface area contributed by atoms with Crippen molar-refractivity contribution in [3.8, 4) is 0 Å². The summed E-state index contributed by atoms with van der Waals surface area (Å²) in [6.07, 6.45) is 0.828. The predicted molar refractivity (Wildman–Crippen MR) is 59.8 cm³/mol. The molecule has 1 atom stereocenters. The Morgan fingerprint density at radius 3 is 2.75 bits per heavy atom. The molecule has 6 heteroatoms. The van der Waals surface area contributed by atoms with Gasteiger partial charge in [0.25, 0.3) is 0 Å². The summed E-state index contributed by atoms with van der Waals surface area (Å²) in [4.78, 5) is 0.247. The quantitative estimate of drug-likeness (QED) is 0.814. The van der Waals surface area contributed by atoms with E-state index in [0.717, 1.165) is 13.0 Å². The molecule has 0 saturated carbocycles. The van der Waals surface area contributed by atoms with E-state index in [1.807, 2.05) is 0 Å². The van der Waals surface area contributed by atoms with E-state index in [2.05, 4.69) is 10.0 Å². The maximum atomic E-state index is 12.0. The van der Waals surface area contributed by atoms with Gasteiger partial charge in [-0.1, -0.05) is 0 Å². The van der Waals surface area contributed by atoms with Crippen molar-refractivity contribution in [3.63, 3.8) is 0 Å². The zero-order valence-corrected chi connectivity index (χ0v) is 10.2. The fourth-order valence-corrected chi connectivity index (χ4v) is 3.42. The lowest BCUT2D eigenvalue weighted by atomic mass is 10.3. The summed E-state index contributed by atoms with van der Waals surface area (Å²) in [5, 5.41) is 3.12. The van der Waals surface area contributed by atoms with E-state index in [4.69, 9.17) is 4.42 Å². The molecule has 90 valence electrons. The van der Waals surface area contributed by atoms with Crippen molar-refractivity contribution >= 4 is 10.0 Å². The van der Waals surface area contributed by atoms with E-state index >= 15 is 0 Å². The summed E-state index contributed by atoms with van der Waals surface area (Å²) in [6, 6.07) is 1.54. The van der Waals surface area contributed by atoms with Gasteiger partial charge in [0.05, 0.1) is 0 Å². The summed E-state index contributed by atoms with van der Waals surface area (Å²) < 4.78 is 32.0. The molecule has 0 radical (unpaired) electrons. The normalized spacial score (nSPS) is 21.5. The topological polar surface area (TPSA) is 71.3 Å². The molecule has 1 aromatic rings. The van der Waals surface area contributed by atoms with Gasteiger partial charge in [0.15, 0.2) is 0 Å². The van der Waals surface area contributed by atoms with Crippen LogP contribution in [0.2, 0.25) is 0 Å². The third-order valence-corrected chi connectivity index (χ3v) is 4.30. The molecule has 5 nitrogen and oxygen atoms in total. The fraction of sp³-hybridized carbons (Fsp3) is 0.600. The van der Waals surface area contributed by atoms with Gasteiger partial charge in [0.2, 0.25) is 10.0 Å². The van der Waals surface area contributed by atoms with Gasteiger partial charge in [-0.05, 0) is 32.9 Å². The minimum Gasteiger partial charge on any atom is -0.465 e. The van der Waals surface area contributed by atoms with Crippen LogP contribution in [-0.2, 0) is 10.0 Å². The molecule has 1 aromatic heterocycles. The van der Waals surface area contributed by atoms with E-state index in [1.54, 1.807) is 19.9 Å². The first-order valence-corrected chi connectivity index (χ1v) is 6.77. The van der Waals surface area contributed by atoms with Crippen molar-refractivity contribution in [1.29, 1.82) is 0 Å². The number of furan rings is 1. The Morgan fingerprint density at radius 1 is 1.50 bits per heavy atom. The highest BCUT2D eigenvalue weighted by Crippen LogP contribution is 2.19. The molecule has 0 unspecified atom stereocenters. The largest absolute Gasteiger partial charge is 0.465 e. The van der Waals surface area contributed by atoms with Crippen LogP contribution in [0.4, 0.5) is 0 Å². The number of rotatable bonds is 3. The molecule has 16 heavy (non-hydrogen) atoms. The average Bonchev–Trinajstić information content (AvgIpc) is 2.75. The maximum absolute atomic E-state index is 12.0. The van der Waals surface area contributed by atoms with Crippen molar-refractivity contribution in [2.24, 2.45) is 0 Å². The Labute approximate surface area is 95.3 Å². The van der Waals surface area contributed by atoms with Crippen LogP contribution >= 0.6 is 0 Å². The van der Waals surface area contributed by atoms with Crippen molar-refractivity contribution in [1.82, 2.24) is 10.0 Å². The average molecular weight is 244 g/mol. The van der Waals surface area contributed by atoms with Crippen LogP contribution in [0.5, 0.6) is 0 Å². The fourth-order valence-electron chi connectivity index (χ4n) is 1.91. The van der Waals surface area contributed by atoms with Crippen molar-refractivity contribution in [2.45, 2.75) is 31.2 Å². The SMILES string of the molecule is Cc1cc(S(=O)(=O)N[C@H]2CCNC2)c(C)o1. The molecular formula is C10H16N2O3S. The highest BCUT2D eigenvalue weighted by atomic mass is 32.2. The summed E-state index contributed by atoms with van der Waals surface area (Å²) in [7, 11) is -3.44. The number of hydrogen-bond donors (Lipinski definition) is 2. The van der Waals surface area contributed by atoms with Crippen LogP contribution < -0.4 is 10.0 Å². The van der Waals surface area contributed by atoms with Gasteiger partial charge in [0.1, 0.15) is 16.4 Å². The Bertz CT molecular complexity index is 472. The Balaban J connectivity index is 2.21. The third-order valence-electron chi connectivity index (χ3n) is 2.67. The zero-order chi connectivity index (χ0) is 11.8. The van der Waals surface area contributed by atoms with E-state index in [0.29, 0.717) is 18.1 Å². The molecule has 2 rings (SSSR count). The number of sulfonamides is 1. The van der Waals surface area contributed by atoms with E-state index in [9.17, 15) is 8.42 Å². The first-order chi connectivity index (χ1) is 7.49. The van der Waals surface area contributed by atoms with Gasteiger partial charge >= 0.3 is 0 Å². The molecular weight excluding hydrogens is 228 g/mol. The van der Waals surface area contributed by atoms with Gasteiger partial charge < -0.3 is 9.73 Å². The van der Waals surface area contributed by atoms with Crippen LogP contribution in [0.1, 0.15) is 17.9 Å². The van der Waals surface area contributed by atoms with Crippen LogP contribution in [0.25, 0.3) is 0 Å². The van der Waals surface area contributed by atoms with E-state index < -0.39 is 10.0 Å².